The molecule has 0 rings (SSSR count). The van der Waals surface area contributed by atoms with Gasteiger partial charge in [0.25, 0.3) is 0 Å². The first-order valence-electron chi connectivity index (χ1n) is 5.71. The fourth-order valence-corrected chi connectivity index (χ4v) is 1.28. The number of carbonyl (C=O) groups is 1. The summed E-state index contributed by atoms with van der Waals surface area (Å²) in [5.41, 5.74) is 0. The smallest absolute Gasteiger partial charge is 0.323 e. The SMILES string of the molecule is CCCCC(CC)COC(=O)C(C)C#N. The Labute approximate surface area is 92.4 Å². The van der Waals surface area contributed by atoms with Crippen molar-refractivity contribution in [1.29, 1.82) is 5.26 Å². The number of carbonyl (C=O) groups excluding carboxylic acids is 1. The van der Waals surface area contributed by atoms with Gasteiger partial charge in [-0.15, -0.1) is 0 Å². The molecule has 15 heavy (non-hydrogen) atoms. The van der Waals surface area contributed by atoms with Gasteiger partial charge in [0.05, 0.1) is 12.7 Å². The Morgan fingerprint density at radius 3 is 2.60 bits per heavy atom. The van der Waals surface area contributed by atoms with Crippen LogP contribution in [0.3, 0.4) is 0 Å². The predicted octanol–water partition coefficient (Wildman–Crippen LogP) is 2.91. The summed E-state index contributed by atoms with van der Waals surface area (Å²) in [5.74, 6) is -0.596. The van der Waals surface area contributed by atoms with Gasteiger partial charge in [0.1, 0.15) is 5.92 Å². The molecular formula is C12H21NO2. The first-order chi connectivity index (χ1) is 7.15. The molecule has 0 spiro atoms. The molecule has 86 valence electrons. The van der Waals surface area contributed by atoms with E-state index in [1.165, 1.54) is 12.8 Å². The van der Waals surface area contributed by atoms with E-state index < -0.39 is 11.9 Å². The van der Waals surface area contributed by atoms with E-state index in [0.29, 0.717) is 12.5 Å². The van der Waals surface area contributed by atoms with Crippen LogP contribution in [-0.4, -0.2) is 12.6 Å². The summed E-state index contributed by atoms with van der Waals surface area (Å²) in [5, 5.41) is 8.52. The molecule has 0 amide bonds. The maximum absolute atomic E-state index is 11.2. The lowest BCUT2D eigenvalue weighted by Crippen LogP contribution is -2.18. The molecule has 0 saturated heterocycles. The molecule has 0 heterocycles. The second-order valence-corrected chi connectivity index (χ2v) is 3.90. The van der Waals surface area contributed by atoms with Crippen LogP contribution in [0.15, 0.2) is 0 Å². The summed E-state index contributed by atoms with van der Waals surface area (Å²) in [4.78, 5) is 11.2. The predicted molar refractivity (Wildman–Crippen MR) is 59.0 cm³/mol. The molecule has 0 fully saturated rings. The molecule has 0 N–H and O–H groups in total. The van der Waals surface area contributed by atoms with Crippen molar-refractivity contribution in [3.05, 3.63) is 0 Å². The van der Waals surface area contributed by atoms with E-state index in [2.05, 4.69) is 13.8 Å². The third-order valence-electron chi connectivity index (χ3n) is 2.55. The quantitative estimate of drug-likeness (QED) is 0.608. The van der Waals surface area contributed by atoms with E-state index in [9.17, 15) is 4.79 Å². The first-order valence-corrected chi connectivity index (χ1v) is 5.71. The van der Waals surface area contributed by atoms with Crippen LogP contribution in [0.5, 0.6) is 0 Å². The Kier molecular flexibility index (Phi) is 7.71. The summed E-state index contributed by atoms with van der Waals surface area (Å²) in [6.45, 7) is 6.27. The fourth-order valence-electron chi connectivity index (χ4n) is 1.28. The molecule has 2 unspecified atom stereocenters. The lowest BCUT2D eigenvalue weighted by atomic mass is 10.0. The third kappa shape index (κ3) is 6.11. The molecule has 0 aromatic carbocycles. The van der Waals surface area contributed by atoms with Gasteiger partial charge in [-0.25, -0.2) is 0 Å². The number of esters is 1. The summed E-state index contributed by atoms with van der Waals surface area (Å²) >= 11 is 0. The molecule has 0 bridgehead atoms. The Hall–Kier alpha value is -1.04. The van der Waals surface area contributed by atoms with Gasteiger partial charge in [-0.3, -0.25) is 4.79 Å². The number of nitriles is 1. The van der Waals surface area contributed by atoms with Gasteiger partial charge in [0.15, 0.2) is 0 Å². The van der Waals surface area contributed by atoms with Crippen LogP contribution in [-0.2, 0) is 9.53 Å². The first kappa shape index (κ1) is 14.0. The lowest BCUT2D eigenvalue weighted by molar-refractivity contribution is -0.147. The van der Waals surface area contributed by atoms with Crippen molar-refractivity contribution in [1.82, 2.24) is 0 Å². The van der Waals surface area contributed by atoms with Crippen LogP contribution >= 0.6 is 0 Å². The summed E-state index contributed by atoms with van der Waals surface area (Å²) < 4.78 is 5.08. The molecule has 0 aromatic rings. The largest absolute Gasteiger partial charge is 0.464 e. The number of hydrogen-bond donors (Lipinski definition) is 0. The topological polar surface area (TPSA) is 50.1 Å². The molecule has 0 aliphatic rings. The van der Waals surface area contributed by atoms with Crippen LogP contribution in [0.25, 0.3) is 0 Å². The lowest BCUT2D eigenvalue weighted by Gasteiger charge is -2.14. The molecule has 0 aliphatic carbocycles. The minimum absolute atomic E-state index is 0.396. The zero-order chi connectivity index (χ0) is 11.7. The van der Waals surface area contributed by atoms with Crippen molar-refractivity contribution in [3.63, 3.8) is 0 Å². The van der Waals surface area contributed by atoms with Crippen LogP contribution in [0.4, 0.5) is 0 Å². The molecule has 0 saturated carbocycles. The van der Waals surface area contributed by atoms with Crippen LogP contribution in [0.2, 0.25) is 0 Å². The standard InChI is InChI=1S/C12H21NO2/c1-4-6-7-11(5-2)9-15-12(14)10(3)8-13/h10-11H,4-7,9H2,1-3H3. The molecule has 2 atom stereocenters. The fraction of sp³-hybridized carbons (Fsp3) is 0.833. The highest BCUT2D eigenvalue weighted by Gasteiger charge is 2.15. The third-order valence-corrected chi connectivity index (χ3v) is 2.55. The number of ether oxygens (including phenoxy) is 1. The molecule has 3 heteroatoms. The van der Waals surface area contributed by atoms with Gasteiger partial charge < -0.3 is 4.74 Å². The van der Waals surface area contributed by atoms with E-state index in [4.69, 9.17) is 10.00 Å². The van der Waals surface area contributed by atoms with Crippen molar-refractivity contribution in [2.24, 2.45) is 11.8 Å². The zero-order valence-electron chi connectivity index (χ0n) is 9.95. The van der Waals surface area contributed by atoms with Crippen molar-refractivity contribution in [2.45, 2.75) is 46.5 Å². The van der Waals surface area contributed by atoms with Crippen molar-refractivity contribution in [2.75, 3.05) is 6.61 Å². The highest BCUT2D eigenvalue weighted by molar-refractivity contribution is 5.74. The summed E-state index contributed by atoms with van der Waals surface area (Å²) in [6, 6.07) is 1.88. The second kappa shape index (κ2) is 8.28. The summed E-state index contributed by atoms with van der Waals surface area (Å²) in [7, 11) is 0. The van der Waals surface area contributed by atoms with Gasteiger partial charge in [0, 0.05) is 0 Å². The van der Waals surface area contributed by atoms with E-state index in [1.54, 1.807) is 6.92 Å². The molecular weight excluding hydrogens is 190 g/mol. The molecule has 0 aliphatic heterocycles. The maximum Gasteiger partial charge on any atom is 0.323 e. The molecule has 0 radical (unpaired) electrons. The van der Waals surface area contributed by atoms with Gasteiger partial charge in [0.2, 0.25) is 0 Å². The average Bonchev–Trinajstić information content (AvgIpc) is 2.27. The maximum atomic E-state index is 11.2. The van der Waals surface area contributed by atoms with Crippen molar-refractivity contribution >= 4 is 5.97 Å². The summed E-state index contributed by atoms with van der Waals surface area (Å²) in [6.07, 6.45) is 4.46. The Bertz CT molecular complexity index is 220. The number of nitrogens with zero attached hydrogens (tertiary/aromatic N) is 1. The van der Waals surface area contributed by atoms with Crippen LogP contribution in [0, 0.1) is 23.2 Å². The van der Waals surface area contributed by atoms with Gasteiger partial charge >= 0.3 is 5.97 Å². The number of rotatable bonds is 7. The van der Waals surface area contributed by atoms with Crippen LogP contribution < -0.4 is 0 Å². The normalized spacial score (nSPS) is 14.0. The number of hydrogen-bond acceptors (Lipinski definition) is 3. The van der Waals surface area contributed by atoms with Gasteiger partial charge in [-0.05, 0) is 19.3 Å². The van der Waals surface area contributed by atoms with Gasteiger partial charge in [-0.2, -0.15) is 5.26 Å². The average molecular weight is 211 g/mol. The van der Waals surface area contributed by atoms with E-state index in [0.717, 1.165) is 12.8 Å². The Morgan fingerprint density at radius 1 is 1.47 bits per heavy atom. The highest BCUT2D eigenvalue weighted by atomic mass is 16.5. The monoisotopic (exact) mass is 211 g/mol. The molecule has 3 nitrogen and oxygen atoms in total. The highest BCUT2D eigenvalue weighted by Crippen LogP contribution is 2.13. The Morgan fingerprint density at radius 2 is 2.13 bits per heavy atom. The van der Waals surface area contributed by atoms with E-state index >= 15 is 0 Å². The minimum atomic E-state index is -0.645. The second-order valence-electron chi connectivity index (χ2n) is 3.90. The zero-order valence-corrected chi connectivity index (χ0v) is 9.95. The van der Waals surface area contributed by atoms with E-state index in [-0.39, 0.29) is 0 Å². The Balaban J connectivity index is 3.80. The minimum Gasteiger partial charge on any atom is -0.464 e. The van der Waals surface area contributed by atoms with Gasteiger partial charge in [-0.1, -0.05) is 33.1 Å². The van der Waals surface area contributed by atoms with Crippen molar-refractivity contribution in [3.8, 4) is 6.07 Å². The van der Waals surface area contributed by atoms with Crippen molar-refractivity contribution < 1.29 is 9.53 Å². The number of unbranched alkanes of at least 4 members (excludes halogenated alkanes) is 1. The van der Waals surface area contributed by atoms with E-state index in [1.807, 2.05) is 6.07 Å². The van der Waals surface area contributed by atoms with Crippen LogP contribution in [0.1, 0.15) is 46.5 Å². The molecule has 0 aromatic heterocycles.